The van der Waals surface area contributed by atoms with Gasteiger partial charge in [0.1, 0.15) is 6.17 Å². The van der Waals surface area contributed by atoms with E-state index >= 15 is 0 Å². The molecule has 1 unspecified atom stereocenters. The topological polar surface area (TPSA) is 35.6 Å². The first-order valence-electron chi connectivity index (χ1n) is 7.25. The van der Waals surface area contributed by atoms with Gasteiger partial charge in [-0.15, -0.1) is 0 Å². The third-order valence-electron chi connectivity index (χ3n) is 4.12. The molecule has 2 aliphatic rings. The van der Waals surface area contributed by atoms with Gasteiger partial charge in [-0.1, -0.05) is 23.7 Å². The van der Waals surface area contributed by atoms with Crippen molar-refractivity contribution >= 4 is 17.5 Å². The van der Waals surface area contributed by atoms with E-state index in [2.05, 4.69) is 10.2 Å². The third kappa shape index (κ3) is 2.97. The maximum absolute atomic E-state index is 12.0. The van der Waals surface area contributed by atoms with Gasteiger partial charge in [0.25, 0.3) is 0 Å². The molecule has 1 aromatic rings. The zero-order valence-electron chi connectivity index (χ0n) is 11.5. The molecule has 0 aromatic heterocycles. The summed E-state index contributed by atoms with van der Waals surface area (Å²) in [5.41, 5.74) is 1.10. The first-order valence-corrected chi connectivity index (χ1v) is 7.62. The van der Waals surface area contributed by atoms with Gasteiger partial charge in [0, 0.05) is 18.1 Å². The minimum atomic E-state index is -0.0117. The Morgan fingerprint density at radius 2 is 1.85 bits per heavy atom. The van der Waals surface area contributed by atoms with E-state index in [0.717, 1.165) is 23.7 Å². The predicted molar refractivity (Wildman–Crippen MR) is 79.6 cm³/mol. The van der Waals surface area contributed by atoms with Gasteiger partial charge in [0.05, 0.1) is 6.54 Å². The standard InChI is InChI=1S/C15H20ClN3O/c16-13-5-3-12(4-6-13)15-17-11-14(20)19(15)10-9-18-7-1-2-8-18/h3-6,15,17H,1-2,7-11H2. The largest absolute Gasteiger partial charge is 0.321 e. The molecule has 1 amide bonds. The Kier molecular flexibility index (Phi) is 4.24. The molecule has 20 heavy (non-hydrogen) atoms. The summed E-state index contributed by atoms with van der Waals surface area (Å²) in [7, 11) is 0. The molecule has 3 rings (SSSR count). The molecule has 2 saturated heterocycles. The van der Waals surface area contributed by atoms with Crippen LogP contribution in [0.3, 0.4) is 0 Å². The zero-order chi connectivity index (χ0) is 13.9. The van der Waals surface area contributed by atoms with Crippen LogP contribution >= 0.6 is 11.6 Å². The fourth-order valence-corrected chi connectivity index (χ4v) is 3.12. The first-order chi connectivity index (χ1) is 9.74. The molecule has 1 aromatic carbocycles. The number of hydrogen-bond donors (Lipinski definition) is 1. The summed E-state index contributed by atoms with van der Waals surface area (Å²) in [6, 6.07) is 7.73. The van der Waals surface area contributed by atoms with Crippen LogP contribution in [0.2, 0.25) is 5.02 Å². The Balaban J connectivity index is 1.66. The molecule has 1 atom stereocenters. The summed E-state index contributed by atoms with van der Waals surface area (Å²) in [5, 5.41) is 4.01. The molecule has 2 fully saturated rings. The van der Waals surface area contributed by atoms with Crippen LogP contribution in [0, 0.1) is 0 Å². The van der Waals surface area contributed by atoms with Gasteiger partial charge in [0.15, 0.2) is 0 Å². The van der Waals surface area contributed by atoms with Crippen molar-refractivity contribution < 1.29 is 4.79 Å². The van der Waals surface area contributed by atoms with Crippen LogP contribution in [0.1, 0.15) is 24.6 Å². The fourth-order valence-electron chi connectivity index (χ4n) is 2.99. The average molecular weight is 294 g/mol. The highest BCUT2D eigenvalue weighted by Gasteiger charge is 2.31. The van der Waals surface area contributed by atoms with Crippen molar-refractivity contribution in [3.63, 3.8) is 0 Å². The number of nitrogens with zero attached hydrogens (tertiary/aromatic N) is 2. The minimum Gasteiger partial charge on any atom is -0.321 e. The number of benzene rings is 1. The number of nitrogens with one attached hydrogen (secondary N) is 1. The molecule has 0 bridgehead atoms. The molecule has 108 valence electrons. The summed E-state index contributed by atoms with van der Waals surface area (Å²) in [6.07, 6.45) is 2.56. The Morgan fingerprint density at radius 3 is 2.55 bits per heavy atom. The summed E-state index contributed by atoms with van der Waals surface area (Å²) in [5.74, 6) is 0.184. The van der Waals surface area contributed by atoms with Crippen LogP contribution in [0.4, 0.5) is 0 Å². The van der Waals surface area contributed by atoms with E-state index in [1.54, 1.807) is 0 Å². The zero-order valence-corrected chi connectivity index (χ0v) is 12.3. The molecule has 4 nitrogen and oxygen atoms in total. The highest BCUT2D eigenvalue weighted by atomic mass is 35.5. The van der Waals surface area contributed by atoms with Crippen LogP contribution in [-0.2, 0) is 4.79 Å². The van der Waals surface area contributed by atoms with Crippen LogP contribution in [0.5, 0.6) is 0 Å². The number of likely N-dealkylation sites (tertiary alicyclic amines) is 1. The Bertz CT molecular complexity index is 471. The van der Waals surface area contributed by atoms with Crippen molar-refractivity contribution in [2.24, 2.45) is 0 Å². The van der Waals surface area contributed by atoms with Gasteiger partial charge < -0.3 is 9.80 Å². The van der Waals surface area contributed by atoms with E-state index in [-0.39, 0.29) is 12.1 Å². The molecule has 5 heteroatoms. The summed E-state index contributed by atoms with van der Waals surface area (Å²) in [4.78, 5) is 16.4. The normalized spacial score (nSPS) is 23.8. The number of halogens is 1. The predicted octanol–water partition coefficient (Wildman–Crippen LogP) is 1.87. The van der Waals surface area contributed by atoms with Crippen molar-refractivity contribution in [1.82, 2.24) is 15.1 Å². The second-order valence-electron chi connectivity index (χ2n) is 5.47. The number of rotatable bonds is 4. The van der Waals surface area contributed by atoms with Crippen molar-refractivity contribution in [1.29, 1.82) is 0 Å². The second kappa shape index (κ2) is 6.12. The molecule has 0 radical (unpaired) electrons. The lowest BCUT2D eigenvalue weighted by Crippen LogP contribution is -2.37. The van der Waals surface area contributed by atoms with Gasteiger partial charge >= 0.3 is 0 Å². The van der Waals surface area contributed by atoms with Gasteiger partial charge in [-0.25, -0.2) is 0 Å². The first kappa shape index (κ1) is 13.9. The van der Waals surface area contributed by atoms with Gasteiger partial charge in [-0.05, 0) is 43.6 Å². The van der Waals surface area contributed by atoms with Crippen molar-refractivity contribution in [2.75, 3.05) is 32.7 Å². The fraction of sp³-hybridized carbons (Fsp3) is 0.533. The van der Waals surface area contributed by atoms with Gasteiger partial charge in [0.2, 0.25) is 5.91 Å². The number of hydrogen-bond acceptors (Lipinski definition) is 3. The van der Waals surface area contributed by atoms with E-state index in [4.69, 9.17) is 11.6 Å². The highest BCUT2D eigenvalue weighted by Crippen LogP contribution is 2.23. The average Bonchev–Trinajstić information content (AvgIpc) is 3.07. The maximum atomic E-state index is 12.0. The lowest BCUT2D eigenvalue weighted by molar-refractivity contribution is -0.128. The third-order valence-corrected chi connectivity index (χ3v) is 4.37. The lowest BCUT2D eigenvalue weighted by Gasteiger charge is -2.27. The smallest absolute Gasteiger partial charge is 0.238 e. The molecule has 2 aliphatic heterocycles. The molecular formula is C15H20ClN3O. The SMILES string of the molecule is O=C1CNC(c2ccc(Cl)cc2)N1CCN1CCCC1. The van der Waals surface area contributed by atoms with Crippen LogP contribution in [-0.4, -0.2) is 48.4 Å². The summed E-state index contributed by atoms with van der Waals surface area (Å²) >= 11 is 5.92. The summed E-state index contributed by atoms with van der Waals surface area (Å²) < 4.78 is 0. The minimum absolute atomic E-state index is 0.0117. The monoisotopic (exact) mass is 293 g/mol. The van der Waals surface area contributed by atoms with Gasteiger partial charge in [-0.2, -0.15) is 0 Å². The van der Waals surface area contributed by atoms with Crippen molar-refractivity contribution in [2.45, 2.75) is 19.0 Å². The maximum Gasteiger partial charge on any atom is 0.238 e. The Labute approximate surface area is 124 Å². The summed E-state index contributed by atoms with van der Waals surface area (Å²) in [6.45, 7) is 4.52. The second-order valence-corrected chi connectivity index (χ2v) is 5.91. The molecule has 0 spiro atoms. The number of carbonyl (C=O) groups excluding carboxylic acids is 1. The molecule has 0 aliphatic carbocycles. The van der Waals surface area contributed by atoms with E-state index in [1.165, 1.54) is 25.9 Å². The number of carbonyl (C=O) groups is 1. The molecular weight excluding hydrogens is 274 g/mol. The van der Waals surface area contributed by atoms with Crippen molar-refractivity contribution in [3.8, 4) is 0 Å². The van der Waals surface area contributed by atoms with Crippen LogP contribution < -0.4 is 5.32 Å². The lowest BCUT2D eigenvalue weighted by atomic mass is 10.1. The van der Waals surface area contributed by atoms with Crippen LogP contribution in [0.15, 0.2) is 24.3 Å². The molecule has 0 saturated carbocycles. The Hall–Kier alpha value is -1.10. The number of amides is 1. The molecule has 2 heterocycles. The van der Waals surface area contributed by atoms with Crippen molar-refractivity contribution in [3.05, 3.63) is 34.9 Å². The Morgan fingerprint density at radius 1 is 1.15 bits per heavy atom. The molecule has 1 N–H and O–H groups in total. The van der Waals surface area contributed by atoms with E-state index in [0.29, 0.717) is 6.54 Å². The van der Waals surface area contributed by atoms with E-state index in [9.17, 15) is 4.79 Å². The van der Waals surface area contributed by atoms with Crippen LogP contribution in [0.25, 0.3) is 0 Å². The van der Waals surface area contributed by atoms with E-state index < -0.39 is 0 Å². The highest BCUT2D eigenvalue weighted by molar-refractivity contribution is 6.30. The quantitative estimate of drug-likeness (QED) is 0.920. The van der Waals surface area contributed by atoms with Gasteiger partial charge in [-0.3, -0.25) is 10.1 Å². The van der Waals surface area contributed by atoms with E-state index in [1.807, 2.05) is 29.2 Å².